The highest BCUT2D eigenvalue weighted by atomic mass is 16.2. The van der Waals surface area contributed by atoms with Gasteiger partial charge in [0.05, 0.1) is 6.04 Å². The summed E-state index contributed by atoms with van der Waals surface area (Å²) in [6.07, 6.45) is 11.4. The molecule has 2 heterocycles. The van der Waals surface area contributed by atoms with E-state index in [1.54, 1.807) is 0 Å². The van der Waals surface area contributed by atoms with E-state index in [2.05, 4.69) is 10.2 Å². The first-order chi connectivity index (χ1) is 8.84. The Hall–Kier alpha value is -0.570. The summed E-state index contributed by atoms with van der Waals surface area (Å²) in [5, 5.41) is 3.62. The van der Waals surface area contributed by atoms with E-state index in [4.69, 9.17) is 0 Å². The van der Waals surface area contributed by atoms with Gasteiger partial charge in [-0.1, -0.05) is 25.7 Å². The Kier molecular flexibility index (Phi) is 3.88. The highest BCUT2D eigenvalue weighted by Crippen LogP contribution is 2.33. The van der Waals surface area contributed by atoms with Crippen LogP contribution in [0.15, 0.2) is 0 Å². The molecule has 102 valence electrons. The molecule has 0 spiro atoms. The molecule has 3 nitrogen and oxygen atoms in total. The number of hydrogen-bond acceptors (Lipinski definition) is 2. The second-order valence-electron chi connectivity index (χ2n) is 6.35. The molecule has 3 rings (SSSR count). The molecule has 3 unspecified atom stereocenters. The van der Waals surface area contributed by atoms with Crippen LogP contribution in [-0.4, -0.2) is 36.0 Å². The summed E-state index contributed by atoms with van der Waals surface area (Å²) in [5.41, 5.74) is 0. The molecule has 0 bridgehead atoms. The first-order valence-electron chi connectivity index (χ1n) is 7.89. The summed E-state index contributed by atoms with van der Waals surface area (Å²) in [6, 6.07) is 0.774. The highest BCUT2D eigenvalue weighted by molar-refractivity contribution is 5.82. The standard InChI is InChI=1S/C15H26N2O/c18-15(17-9-5-1-2-6-10-17)14-11-12-7-3-4-8-13(12)16-14/h12-14,16H,1-11H2. The van der Waals surface area contributed by atoms with E-state index < -0.39 is 0 Å². The highest BCUT2D eigenvalue weighted by Gasteiger charge is 2.39. The van der Waals surface area contributed by atoms with E-state index in [1.807, 2.05) is 0 Å². The zero-order valence-electron chi connectivity index (χ0n) is 11.4. The lowest BCUT2D eigenvalue weighted by molar-refractivity contribution is -0.133. The van der Waals surface area contributed by atoms with Gasteiger partial charge in [0.2, 0.25) is 5.91 Å². The first kappa shape index (κ1) is 12.5. The molecule has 0 aromatic rings. The molecule has 1 N–H and O–H groups in total. The Morgan fingerprint density at radius 2 is 1.67 bits per heavy atom. The van der Waals surface area contributed by atoms with Crippen molar-refractivity contribution in [3.05, 3.63) is 0 Å². The van der Waals surface area contributed by atoms with E-state index in [0.29, 0.717) is 11.9 Å². The molecule has 3 atom stereocenters. The van der Waals surface area contributed by atoms with Gasteiger partial charge in [-0.3, -0.25) is 4.79 Å². The van der Waals surface area contributed by atoms with Crippen molar-refractivity contribution in [3.63, 3.8) is 0 Å². The Bertz CT molecular complexity index is 283. The molecule has 0 aromatic heterocycles. The van der Waals surface area contributed by atoms with Crippen LogP contribution in [0, 0.1) is 5.92 Å². The number of nitrogens with zero attached hydrogens (tertiary/aromatic N) is 1. The molecule has 3 aliphatic rings. The molecule has 2 aliphatic heterocycles. The van der Waals surface area contributed by atoms with Crippen molar-refractivity contribution in [1.82, 2.24) is 10.2 Å². The molecule has 0 radical (unpaired) electrons. The number of rotatable bonds is 1. The monoisotopic (exact) mass is 250 g/mol. The van der Waals surface area contributed by atoms with Gasteiger partial charge in [0.15, 0.2) is 0 Å². The van der Waals surface area contributed by atoms with Crippen LogP contribution in [0.3, 0.4) is 0 Å². The molecular weight excluding hydrogens is 224 g/mol. The molecule has 1 saturated carbocycles. The maximum absolute atomic E-state index is 12.6. The molecule has 1 aliphatic carbocycles. The van der Waals surface area contributed by atoms with Crippen molar-refractivity contribution in [1.29, 1.82) is 0 Å². The topological polar surface area (TPSA) is 32.3 Å². The van der Waals surface area contributed by atoms with Gasteiger partial charge in [0.1, 0.15) is 0 Å². The summed E-state index contributed by atoms with van der Waals surface area (Å²) < 4.78 is 0. The lowest BCUT2D eigenvalue weighted by atomic mass is 9.85. The van der Waals surface area contributed by atoms with Crippen LogP contribution >= 0.6 is 0 Å². The molecule has 18 heavy (non-hydrogen) atoms. The molecule has 2 saturated heterocycles. The number of hydrogen-bond donors (Lipinski definition) is 1. The predicted octanol–water partition coefficient (Wildman–Crippen LogP) is 2.31. The van der Waals surface area contributed by atoms with Crippen LogP contribution in [0.2, 0.25) is 0 Å². The van der Waals surface area contributed by atoms with Gasteiger partial charge in [0.25, 0.3) is 0 Å². The minimum absolute atomic E-state index is 0.135. The van der Waals surface area contributed by atoms with Crippen LogP contribution in [-0.2, 0) is 4.79 Å². The van der Waals surface area contributed by atoms with Gasteiger partial charge < -0.3 is 10.2 Å². The number of amides is 1. The zero-order valence-corrected chi connectivity index (χ0v) is 11.4. The summed E-state index contributed by atoms with van der Waals surface area (Å²) >= 11 is 0. The van der Waals surface area contributed by atoms with E-state index in [-0.39, 0.29) is 6.04 Å². The third-order valence-corrected chi connectivity index (χ3v) is 5.08. The Balaban J connectivity index is 1.59. The second kappa shape index (κ2) is 5.60. The molecule has 1 amide bonds. The van der Waals surface area contributed by atoms with Gasteiger partial charge in [-0.2, -0.15) is 0 Å². The van der Waals surface area contributed by atoms with Gasteiger partial charge in [-0.15, -0.1) is 0 Å². The van der Waals surface area contributed by atoms with Gasteiger partial charge in [-0.25, -0.2) is 0 Å². The Morgan fingerprint density at radius 3 is 2.39 bits per heavy atom. The average molecular weight is 250 g/mol. The SMILES string of the molecule is O=C(C1CC2CCCCC2N1)N1CCCCCC1. The lowest BCUT2D eigenvalue weighted by Gasteiger charge is -2.25. The van der Waals surface area contributed by atoms with E-state index in [0.717, 1.165) is 25.4 Å². The maximum atomic E-state index is 12.6. The van der Waals surface area contributed by atoms with Crippen molar-refractivity contribution in [2.24, 2.45) is 5.92 Å². The fraction of sp³-hybridized carbons (Fsp3) is 0.933. The predicted molar refractivity (Wildman–Crippen MR) is 72.3 cm³/mol. The van der Waals surface area contributed by atoms with Crippen molar-refractivity contribution < 1.29 is 4.79 Å². The van der Waals surface area contributed by atoms with E-state index in [1.165, 1.54) is 51.4 Å². The second-order valence-corrected chi connectivity index (χ2v) is 6.35. The Labute approximate surface area is 110 Å². The normalized spacial score (nSPS) is 37.1. The third-order valence-electron chi connectivity index (χ3n) is 5.08. The smallest absolute Gasteiger partial charge is 0.239 e. The molecule has 0 aromatic carbocycles. The lowest BCUT2D eigenvalue weighted by Crippen LogP contribution is -2.45. The van der Waals surface area contributed by atoms with Crippen LogP contribution < -0.4 is 5.32 Å². The van der Waals surface area contributed by atoms with E-state index >= 15 is 0 Å². The van der Waals surface area contributed by atoms with Crippen molar-refractivity contribution in [2.45, 2.75) is 69.9 Å². The van der Waals surface area contributed by atoms with Gasteiger partial charge in [-0.05, 0) is 38.0 Å². The van der Waals surface area contributed by atoms with Crippen LogP contribution in [0.4, 0.5) is 0 Å². The fourth-order valence-electron chi connectivity index (χ4n) is 4.02. The number of likely N-dealkylation sites (tertiary alicyclic amines) is 1. The summed E-state index contributed by atoms with van der Waals surface area (Å²) in [5.74, 6) is 1.17. The molecule has 3 heteroatoms. The minimum atomic E-state index is 0.135. The number of fused-ring (bicyclic) bond motifs is 1. The quantitative estimate of drug-likeness (QED) is 0.774. The largest absolute Gasteiger partial charge is 0.341 e. The zero-order chi connectivity index (χ0) is 12.4. The first-order valence-corrected chi connectivity index (χ1v) is 7.89. The van der Waals surface area contributed by atoms with Crippen molar-refractivity contribution in [3.8, 4) is 0 Å². The minimum Gasteiger partial charge on any atom is -0.341 e. The number of carbonyl (C=O) groups is 1. The number of carbonyl (C=O) groups excluding carboxylic acids is 1. The summed E-state index contributed by atoms with van der Waals surface area (Å²) in [4.78, 5) is 14.7. The number of nitrogens with one attached hydrogen (secondary N) is 1. The molecular formula is C15H26N2O. The maximum Gasteiger partial charge on any atom is 0.239 e. The van der Waals surface area contributed by atoms with Crippen molar-refractivity contribution in [2.75, 3.05) is 13.1 Å². The van der Waals surface area contributed by atoms with Crippen LogP contribution in [0.1, 0.15) is 57.8 Å². The summed E-state index contributed by atoms with van der Waals surface area (Å²) in [6.45, 7) is 1.98. The fourth-order valence-corrected chi connectivity index (χ4v) is 4.02. The van der Waals surface area contributed by atoms with Crippen molar-refractivity contribution >= 4 is 5.91 Å². The van der Waals surface area contributed by atoms with E-state index in [9.17, 15) is 4.79 Å². The van der Waals surface area contributed by atoms with Gasteiger partial charge in [0, 0.05) is 19.1 Å². The Morgan fingerprint density at radius 1 is 0.944 bits per heavy atom. The van der Waals surface area contributed by atoms with Crippen LogP contribution in [0.25, 0.3) is 0 Å². The molecule has 3 fully saturated rings. The van der Waals surface area contributed by atoms with Gasteiger partial charge >= 0.3 is 0 Å². The van der Waals surface area contributed by atoms with Crippen LogP contribution in [0.5, 0.6) is 0 Å². The average Bonchev–Trinajstić information content (AvgIpc) is 2.64. The summed E-state index contributed by atoms with van der Waals surface area (Å²) in [7, 11) is 0. The third kappa shape index (κ3) is 2.56.